The quantitative estimate of drug-likeness (QED) is 0.688. The lowest BCUT2D eigenvalue weighted by Crippen LogP contribution is -3.27. The van der Waals surface area contributed by atoms with Gasteiger partial charge in [-0.3, -0.25) is 0 Å². The largest absolute Gasteiger partial charge is 0.415 e. The molecule has 0 spiro atoms. The van der Waals surface area contributed by atoms with Crippen molar-refractivity contribution in [3.63, 3.8) is 0 Å². The van der Waals surface area contributed by atoms with Crippen LogP contribution in [0.25, 0.3) is 11.5 Å². The molecule has 2 aromatic carbocycles. The monoisotopic (exact) mass is 398 g/mol. The molecule has 0 saturated carbocycles. The van der Waals surface area contributed by atoms with E-state index in [2.05, 4.69) is 48.3 Å². The van der Waals surface area contributed by atoms with Crippen molar-refractivity contribution in [1.29, 1.82) is 0 Å². The molecule has 4 rings (SSSR count). The van der Waals surface area contributed by atoms with E-state index in [4.69, 9.17) is 16.0 Å². The minimum Gasteiger partial charge on any atom is -0.415 e. The zero-order valence-electron chi connectivity index (χ0n) is 16.4. The van der Waals surface area contributed by atoms with Gasteiger partial charge >= 0.3 is 0 Å². The second-order valence-electron chi connectivity index (χ2n) is 7.74. The molecule has 1 atom stereocenters. The van der Waals surface area contributed by atoms with Gasteiger partial charge in [0.25, 0.3) is 5.89 Å². The highest BCUT2D eigenvalue weighted by molar-refractivity contribution is 6.30. The van der Waals surface area contributed by atoms with Crippen LogP contribution < -0.4 is 9.80 Å². The number of rotatable bonds is 5. The Balaban J connectivity index is 1.34. The van der Waals surface area contributed by atoms with Crippen LogP contribution in [0.4, 0.5) is 0 Å². The van der Waals surface area contributed by atoms with Gasteiger partial charge in [0, 0.05) is 16.1 Å². The average Bonchev–Trinajstić information content (AvgIpc) is 3.20. The molecule has 2 heterocycles. The standard InChI is InChI=1S/C22H25ClN4O/c1-16-3-7-19(8-4-16)22-25-24-21(28-22)17(2)27-13-11-26(12-14-27)15-18-5-9-20(23)10-6-18/h3-10,17H,11-15H2,1-2H3/p+2/t17-/m0/s1. The molecular formula is C22H27ClN4O+2. The number of quaternary nitrogens is 2. The maximum atomic E-state index is 6.00. The maximum absolute atomic E-state index is 6.00. The van der Waals surface area contributed by atoms with Crippen molar-refractivity contribution in [1.82, 2.24) is 10.2 Å². The van der Waals surface area contributed by atoms with Gasteiger partial charge in [0.05, 0.1) is 0 Å². The summed E-state index contributed by atoms with van der Waals surface area (Å²) >= 11 is 5.98. The molecule has 0 aliphatic carbocycles. The van der Waals surface area contributed by atoms with Gasteiger partial charge < -0.3 is 14.2 Å². The van der Waals surface area contributed by atoms with Gasteiger partial charge in [0.15, 0.2) is 6.04 Å². The zero-order valence-corrected chi connectivity index (χ0v) is 17.2. The number of piperazine rings is 1. The van der Waals surface area contributed by atoms with E-state index in [-0.39, 0.29) is 6.04 Å². The summed E-state index contributed by atoms with van der Waals surface area (Å²) in [4.78, 5) is 3.13. The lowest BCUT2D eigenvalue weighted by Gasteiger charge is -2.32. The van der Waals surface area contributed by atoms with Gasteiger partial charge in [0.1, 0.15) is 32.7 Å². The van der Waals surface area contributed by atoms with E-state index in [1.807, 2.05) is 24.3 Å². The third-order valence-corrected chi connectivity index (χ3v) is 5.94. The minimum atomic E-state index is 0.212. The Hall–Kier alpha value is -2.21. The van der Waals surface area contributed by atoms with E-state index in [1.54, 1.807) is 4.90 Å². The van der Waals surface area contributed by atoms with Gasteiger partial charge in [-0.05, 0) is 38.1 Å². The predicted octanol–water partition coefficient (Wildman–Crippen LogP) is 1.74. The fraction of sp³-hybridized carbons (Fsp3) is 0.364. The van der Waals surface area contributed by atoms with Gasteiger partial charge in [0.2, 0.25) is 5.89 Å². The summed E-state index contributed by atoms with van der Waals surface area (Å²) in [6.07, 6.45) is 0. The highest BCUT2D eigenvalue weighted by Gasteiger charge is 2.31. The van der Waals surface area contributed by atoms with Crippen molar-refractivity contribution in [3.8, 4) is 11.5 Å². The van der Waals surface area contributed by atoms with Crippen molar-refractivity contribution in [2.75, 3.05) is 26.2 Å². The Morgan fingerprint density at radius 2 is 1.64 bits per heavy atom. The number of hydrogen-bond acceptors (Lipinski definition) is 3. The number of aromatic nitrogens is 2. The second kappa shape index (κ2) is 8.43. The summed E-state index contributed by atoms with van der Waals surface area (Å²) < 4.78 is 6.00. The Morgan fingerprint density at radius 3 is 2.32 bits per heavy atom. The number of aryl methyl sites for hydroxylation is 1. The molecule has 28 heavy (non-hydrogen) atoms. The average molecular weight is 399 g/mol. The van der Waals surface area contributed by atoms with Crippen LogP contribution in [0.1, 0.15) is 30.0 Å². The summed E-state index contributed by atoms with van der Waals surface area (Å²) in [6, 6.07) is 16.6. The fourth-order valence-electron chi connectivity index (χ4n) is 3.82. The van der Waals surface area contributed by atoms with E-state index in [9.17, 15) is 0 Å². The number of nitrogens with one attached hydrogen (secondary N) is 2. The minimum absolute atomic E-state index is 0.212. The molecular weight excluding hydrogens is 372 g/mol. The molecule has 6 heteroatoms. The van der Waals surface area contributed by atoms with Crippen molar-refractivity contribution >= 4 is 11.6 Å². The predicted molar refractivity (Wildman–Crippen MR) is 109 cm³/mol. The Bertz CT molecular complexity index is 899. The molecule has 0 radical (unpaired) electrons. The first kappa shape index (κ1) is 19.1. The van der Waals surface area contributed by atoms with Gasteiger partial charge in [-0.25, -0.2) is 0 Å². The smallest absolute Gasteiger partial charge is 0.274 e. The van der Waals surface area contributed by atoms with Gasteiger partial charge in [-0.1, -0.05) is 41.4 Å². The molecule has 0 unspecified atom stereocenters. The van der Waals surface area contributed by atoms with Crippen LogP contribution in [0.2, 0.25) is 5.02 Å². The van der Waals surface area contributed by atoms with Crippen LogP contribution in [0, 0.1) is 6.92 Å². The van der Waals surface area contributed by atoms with E-state index in [1.165, 1.54) is 16.0 Å². The van der Waals surface area contributed by atoms with E-state index in [0.717, 1.165) is 49.2 Å². The normalized spacial score (nSPS) is 20.8. The van der Waals surface area contributed by atoms with Crippen molar-refractivity contribution < 1.29 is 14.2 Å². The molecule has 1 saturated heterocycles. The summed E-state index contributed by atoms with van der Waals surface area (Å²) in [5.74, 6) is 1.33. The third-order valence-electron chi connectivity index (χ3n) is 5.69. The van der Waals surface area contributed by atoms with Crippen LogP contribution in [0.15, 0.2) is 52.9 Å². The molecule has 0 amide bonds. The summed E-state index contributed by atoms with van der Waals surface area (Å²) in [6.45, 7) is 9.80. The first-order chi connectivity index (χ1) is 13.6. The molecule has 2 N–H and O–H groups in total. The fourth-order valence-corrected chi connectivity index (χ4v) is 3.95. The number of halogens is 1. The summed E-state index contributed by atoms with van der Waals surface area (Å²) in [5, 5.41) is 9.39. The Kier molecular flexibility index (Phi) is 5.76. The SMILES string of the molecule is Cc1ccc(-c2nnc([C@H](C)[NH+]3CC[NH+](Cc4ccc(Cl)cc4)CC3)o2)cc1. The molecule has 1 aliphatic heterocycles. The first-order valence-corrected chi connectivity index (χ1v) is 10.3. The summed E-state index contributed by atoms with van der Waals surface area (Å²) in [7, 11) is 0. The van der Waals surface area contributed by atoms with Gasteiger partial charge in [-0.15, -0.1) is 10.2 Å². The van der Waals surface area contributed by atoms with Crippen LogP contribution in [-0.4, -0.2) is 36.4 Å². The van der Waals surface area contributed by atoms with Crippen LogP contribution >= 0.6 is 11.6 Å². The lowest BCUT2D eigenvalue weighted by atomic mass is 10.1. The highest BCUT2D eigenvalue weighted by Crippen LogP contribution is 2.20. The Labute approximate surface area is 170 Å². The van der Waals surface area contributed by atoms with E-state index >= 15 is 0 Å². The van der Waals surface area contributed by atoms with Crippen LogP contribution in [0.3, 0.4) is 0 Å². The molecule has 5 nitrogen and oxygen atoms in total. The molecule has 0 bridgehead atoms. The van der Waals surface area contributed by atoms with Crippen LogP contribution in [0.5, 0.6) is 0 Å². The third kappa shape index (κ3) is 4.43. The molecule has 1 aliphatic rings. The lowest BCUT2D eigenvalue weighted by molar-refractivity contribution is -1.03. The zero-order chi connectivity index (χ0) is 19.5. The van der Waals surface area contributed by atoms with E-state index < -0.39 is 0 Å². The second-order valence-corrected chi connectivity index (χ2v) is 8.18. The topological polar surface area (TPSA) is 47.8 Å². The number of benzene rings is 2. The van der Waals surface area contributed by atoms with Gasteiger partial charge in [-0.2, -0.15) is 0 Å². The van der Waals surface area contributed by atoms with Crippen LogP contribution in [-0.2, 0) is 6.54 Å². The summed E-state index contributed by atoms with van der Waals surface area (Å²) in [5.41, 5.74) is 3.54. The number of nitrogens with zero attached hydrogens (tertiary/aromatic N) is 2. The van der Waals surface area contributed by atoms with Crippen molar-refractivity contribution in [2.24, 2.45) is 0 Å². The first-order valence-electron chi connectivity index (χ1n) is 9.91. The van der Waals surface area contributed by atoms with E-state index in [0.29, 0.717) is 5.89 Å². The molecule has 146 valence electrons. The molecule has 1 fully saturated rings. The Morgan fingerprint density at radius 1 is 0.964 bits per heavy atom. The van der Waals surface area contributed by atoms with Crippen molar-refractivity contribution in [3.05, 3.63) is 70.6 Å². The maximum Gasteiger partial charge on any atom is 0.274 e. The van der Waals surface area contributed by atoms with Crippen molar-refractivity contribution in [2.45, 2.75) is 26.4 Å². The molecule has 3 aromatic rings. The molecule has 1 aromatic heterocycles. The highest BCUT2D eigenvalue weighted by atomic mass is 35.5. The number of hydrogen-bond donors (Lipinski definition) is 2.